The van der Waals surface area contributed by atoms with Crippen LogP contribution in [0, 0.1) is 0 Å². The minimum absolute atomic E-state index is 0.127. The molecule has 0 saturated heterocycles. The van der Waals surface area contributed by atoms with Gasteiger partial charge in [-0.25, -0.2) is 0 Å². The first-order valence-corrected chi connectivity index (χ1v) is 6.26. The molecule has 0 amide bonds. The number of rotatable bonds is 10. The largest absolute Gasteiger partial charge is 0.395 e. The number of hydrogen-bond acceptors (Lipinski definition) is 3. The summed E-state index contributed by atoms with van der Waals surface area (Å²) in [5.41, 5.74) is 5.50. The molecule has 4 N–H and O–H groups in total. The second kappa shape index (κ2) is 10.4. The van der Waals surface area contributed by atoms with E-state index >= 15 is 0 Å². The average molecular weight is 217 g/mol. The lowest BCUT2D eigenvalue weighted by Crippen LogP contribution is -2.37. The monoisotopic (exact) mass is 217 g/mol. The van der Waals surface area contributed by atoms with Crippen LogP contribution in [0.2, 0.25) is 0 Å². The molecular weight excluding hydrogens is 190 g/mol. The maximum absolute atomic E-state index is 9.47. The van der Waals surface area contributed by atoms with Gasteiger partial charge in [-0.05, 0) is 6.42 Å². The van der Waals surface area contributed by atoms with Crippen molar-refractivity contribution in [3.8, 4) is 0 Å². The van der Waals surface area contributed by atoms with Crippen LogP contribution >= 0.6 is 0 Å². The topological polar surface area (TPSA) is 66.5 Å². The third kappa shape index (κ3) is 8.85. The van der Waals surface area contributed by atoms with Gasteiger partial charge in [0.25, 0.3) is 0 Å². The average Bonchev–Trinajstić information content (AvgIpc) is 2.26. The summed E-state index contributed by atoms with van der Waals surface area (Å²) in [6, 6.07) is -0.468. The van der Waals surface area contributed by atoms with Gasteiger partial charge in [0.05, 0.1) is 18.8 Å². The van der Waals surface area contributed by atoms with Crippen LogP contribution < -0.4 is 5.73 Å². The van der Waals surface area contributed by atoms with E-state index in [-0.39, 0.29) is 6.61 Å². The molecule has 0 unspecified atom stereocenters. The van der Waals surface area contributed by atoms with Crippen molar-refractivity contribution < 1.29 is 10.2 Å². The zero-order chi connectivity index (χ0) is 11.5. The van der Waals surface area contributed by atoms with Gasteiger partial charge in [-0.1, -0.05) is 51.9 Å². The van der Waals surface area contributed by atoms with E-state index in [0.29, 0.717) is 0 Å². The summed E-state index contributed by atoms with van der Waals surface area (Å²) in [4.78, 5) is 0. The molecule has 3 nitrogen and oxygen atoms in total. The molecule has 15 heavy (non-hydrogen) atoms. The van der Waals surface area contributed by atoms with Crippen LogP contribution in [0.15, 0.2) is 0 Å². The molecule has 0 spiro atoms. The van der Waals surface area contributed by atoms with Gasteiger partial charge in [0.1, 0.15) is 0 Å². The molecular formula is C12H27NO2. The Labute approximate surface area is 93.7 Å². The second-order valence-corrected chi connectivity index (χ2v) is 4.32. The molecule has 0 saturated carbocycles. The standard InChI is InChI=1S/C12H27NO2/c1-2-3-4-5-6-7-8-9-12(15)11(13)10-14/h11-12,14-15H,2-10,13H2,1H3/t11-,12+/m0/s1. The van der Waals surface area contributed by atoms with Crippen molar-refractivity contribution in [1.29, 1.82) is 0 Å². The molecule has 0 bridgehead atoms. The summed E-state index contributed by atoms with van der Waals surface area (Å²) in [6.45, 7) is 2.09. The van der Waals surface area contributed by atoms with Crippen LogP contribution in [-0.2, 0) is 0 Å². The zero-order valence-electron chi connectivity index (χ0n) is 9.99. The number of aliphatic hydroxyl groups excluding tert-OH is 2. The normalized spacial score (nSPS) is 15.2. The molecule has 0 rings (SSSR count). The molecule has 0 radical (unpaired) electrons. The fourth-order valence-electron chi connectivity index (χ4n) is 1.65. The van der Waals surface area contributed by atoms with Crippen molar-refractivity contribution in [2.24, 2.45) is 5.73 Å². The van der Waals surface area contributed by atoms with Crippen LogP contribution in [0.3, 0.4) is 0 Å². The minimum Gasteiger partial charge on any atom is -0.395 e. The Morgan fingerprint density at radius 2 is 1.53 bits per heavy atom. The van der Waals surface area contributed by atoms with Crippen LogP contribution in [0.4, 0.5) is 0 Å². The minimum atomic E-state index is -0.536. The Balaban J connectivity index is 3.16. The first-order chi connectivity index (χ1) is 7.22. The van der Waals surface area contributed by atoms with Gasteiger partial charge in [-0.2, -0.15) is 0 Å². The van der Waals surface area contributed by atoms with Crippen molar-refractivity contribution in [1.82, 2.24) is 0 Å². The summed E-state index contributed by atoms with van der Waals surface area (Å²) < 4.78 is 0. The maximum Gasteiger partial charge on any atom is 0.0713 e. The zero-order valence-corrected chi connectivity index (χ0v) is 9.99. The van der Waals surface area contributed by atoms with Crippen LogP contribution in [-0.4, -0.2) is 29.0 Å². The van der Waals surface area contributed by atoms with Crippen molar-refractivity contribution >= 4 is 0 Å². The van der Waals surface area contributed by atoms with Crippen LogP contribution in [0.25, 0.3) is 0 Å². The number of nitrogens with two attached hydrogens (primary N) is 1. The van der Waals surface area contributed by atoms with E-state index in [1.165, 1.54) is 38.5 Å². The summed E-state index contributed by atoms with van der Waals surface area (Å²) in [6.07, 6.45) is 8.86. The third-order valence-corrected chi connectivity index (χ3v) is 2.81. The van der Waals surface area contributed by atoms with E-state index in [4.69, 9.17) is 10.8 Å². The van der Waals surface area contributed by atoms with E-state index in [1.54, 1.807) is 0 Å². The highest BCUT2D eigenvalue weighted by Gasteiger charge is 2.12. The summed E-state index contributed by atoms with van der Waals surface area (Å²) >= 11 is 0. The van der Waals surface area contributed by atoms with Crippen LogP contribution in [0.1, 0.15) is 58.3 Å². The quantitative estimate of drug-likeness (QED) is 0.489. The summed E-state index contributed by atoms with van der Waals surface area (Å²) in [5, 5.41) is 18.2. The molecule has 0 aliphatic heterocycles. The van der Waals surface area contributed by atoms with Gasteiger partial charge in [0.2, 0.25) is 0 Å². The highest BCUT2D eigenvalue weighted by Crippen LogP contribution is 2.10. The SMILES string of the molecule is CCCCCCCCC[C@@H](O)[C@@H](N)CO. The predicted molar refractivity (Wildman–Crippen MR) is 63.7 cm³/mol. The number of aliphatic hydroxyl groups is 2. The molecule has 3 heteroatoms. The fraction of sp³-hybridized carbons (Fsp3) is 1.00. The van der Waals surface area contributed by atoms with Crippen molar-refractivity contribution in [3.63, 3.8) is 0 Å². The van der Waals surface area contributed by atoms with E-state index < -0.39 is 12.1 Å². The van der Waals surface area contributed by atoms with Crippen molar-refractivity contribution in [3.05, 3.63) is 0 Å². The van der Waals surface area contributed by atoms with Gasteiger partial charge in [0, 0.05) is 0 Å². The lowest BCUT2D eigenvalue weighted by Gasteiger charge is -2.15. The summed E-state index contributed by atoms with van der Waals surface area (Å²) in [5.74, 6) is 0. The highest BCUT2D eigenvalue weighted by atomic mass is 16.3. The van der Waals surface area contributed by atoms with E-state index in [9.17, 15) is 5.11 Å². The van der Waals surface area contributed by atoms with Gasteiger partial charge in [-0.15, -0.1) is 0 Å². The smallest absolute Gasteiger partial charge is 0.0713 e. The molecule has 92 valence electrons. The molecule has 0 aromatic carbocycles. The molecule has 0 aliphatic carbocycles. The maximum atomic E-state index is 9.47. The van der Waals surface area contributed by atoms with E-state index in [2.05, 4.69) is 6.92 Å². The Kier molecular flexibility index (Phi) is 10.3. The van der Waals surface area contributed by atoms with Gasteiger partial charge in [-0.3, -0.25) is 0 Å². The molecule has 0 aliphatic rings. The molecule has 0 fully saturated rings. The molecule has 2 atom stereocenters. The first kappa shape index (κ1) is 14.9. The summed E-state index contributed by atoms with van der Waals surface area (Å²) in [7, 11) is 0. The lowest BCUT2D eigenvalue weighted by atomic mass is 10.0. The lowest BCUT2D eigenvalue weighted by molar-refractivity contribution is 0.0990. The Morgan fingerprint density at radius 3 is 2.07 bits per heavy atom. The van der Waals surface area contributed by atoms with E-state index in [1.807, 2.05) is 0 Å². The number of unbranched alkanes of at least 4 members (excludes halogenated alkanes) is 6. The predicted octanol–water partition coefficient (Wildman–Crippen LogP) is 1.81. The van der Waals surface area contributed by atoms with Crippen molar-refractivity contribution in [2.45, 2.75) is 70.4 Å². The highest BCUT2D eigenvalue weighted by molar-refractivity contribution is 4.70. The fourth-order valence-corrected chi connectivity index (χ4v) is 1.65. The Hall–Kier alpha value is -0.120. The van der Waals surface area contributed by atoms with Gasteiger partial charge in [0.15, 0.2) is 0 Å². The van der Waals surface area contributed by atoms with E-state index in [0.717, 1.165) is 12.8 Å². The van der Waals surface area contributed by atoms with Gasteiger partial charge < -0.3 is 15.9 Å². The second-order valence-electron chi connectivity index (χ2n) is 4.32. The Morgan fingerprint density at radius 1 is 1.00 bits per heavy atom. The number of hydrogen-bond donors (Lipinski definition) is 3. The van der Waals surface area contributed by atoms with Crippen LogP contribution in [0.5, 0.6) is 0 Å². The Bertz CT molecular complexity index is 131. The molecule has 0 aromatic rings. The third-order valence-electron chi connectivity index (χ3n) is 2.81. The molecule has 0 heterocycles. The van der Waals surface area contributed by atoms with Gasteiger partial charge >= 0.3 is 0 Å². The molecule has 0 aromatic heterocycles. The first-order valence-electron chi connectivity index (χ1n) is 6.26. The van der Waals surface area contributed by atoms with Crippen molar-refractivity contribution in [2.75, 3.05) is 6.61 Å².